The van der Waals surface area contributed by atoms with Gasteiger partial charge in [-0.15, -0.1) is 0 Å². The molecular formula is C61H99N3O23Si. The van der Waals surface area contributed by atoms with Gasteiger partial charge in [-0.05, 0) is 66.3 Å². The summed E-state index contributed by atoms with van der Waals surface area (Å²) in [5, 5.41) is 41.6. The number of esters is 8. The van der Waals surface area contributed by atoms with E-state index < -0.39 is 140 Å². The molecule has 1 saturated carbocycles. The maximum atomic E-state index is 13.4. The van der Waals surface area contributed by atoms with Crippen LogP contribution in [0.1, 0.15) is 130 Å². The van der Waals surface area contributed by atoms with E-state index >= 15 is 0 Å². The van der Waals surface area contributed by atoms with Crippen LogP contribution in [-0.2, 0) is 89.5 Å². The van der Waals surface area contributed by atoms with Crippen LogP contribution in [0.2, 0.25) is 6.04 Å². The minimum atomic E-state index is -3.17. The van der Waals surface area contributed by atoms with Crippen molar-refractivity contribution in [2.45, 2.75) is 179 Å². The molecule has 4 bridgehead atoms. The van der Waals surface area contributed by atoms with Crippen molar-refractivity contribution in [2.24, 2.45) is 0 Å². The van der Waals surface area contributed by atoms with Crippen molar-refractivity contribution in [1.29, 1.82) is 0 Å². The van der Waals surface area contributed by atoms with Gasteiger partial charge in [0.2, 0.25) is 0 Å². The fourth-order valence-electron chi connectivity index (χ4n) is 9.40. The van der Waals surface area contributed by atoms with Gasteiger partial charge in [-0.2, -0.15) is 0 Å². The lowest BCUT2D eigenvalue weighted by Crippen LogP contribution is -2.61. The van der Waals surface area contributed by atoms with E-state index in [4.69, 9.17) is 51.2 Å². The molecule has 6 unspecified atom stereocenters. The van der Waals surface area contributed by atoms with Crippen LogP contribution in [0.5, 0.6) is 0 Å². The predicted octanol–water partition coefficient (Wildman–Crippen LogP) is 3.36. The molecule has 0 aromatic carbocycles. The van der Waals surface area contributed by atoms with E-state index in [1.807, 2.05) is 9.80 Å². The molecule has 500 valence electrons. The second-order valence-corrected chi connectivity index (χ2v) is 25.5. The van der Waals surface area contributed by atoms with E-state index in [2.05, 4.69) is 26.3 Å². The summed E-state index contributed by atoms with van der Waals surface area (Å²) in [7, 11) is -3.17. The molecule has 4 fully saturated rings. The molecule has 88 heavy (non-hydrogen) atoms. The smallest absolute Gasteiger partial charge is 0.463 e. The fraction of sp³-hybridized carbons (Fsp3) is 0.738. The van der Waals surface area contributed by atoms with Crippen molar-refractivity contribution in [2.75, 3.05) is 112 Å². The summed E-state index contributed by atoms with van der Waals surface area (Å²) >= 11 is 0. The van der Waals surface area contributed by atoms with Crippen LogP contribution in [-0.4, -0.2) is 246 Å². The van der Waals surface area contributed by atoms with E-state index in [1.165, 1.54) is 53.4 Å². The molecule has 4 aliphatic rings. The lowest BCUT2D eigenvalue weighted by molar-refractivity contribution is -0.154. The number of hydrogen-bond acceptors (Lipinski definition) is 26. The maximum absolute atomic E-state index is 13.4. The van der Waals surface area contributed by atoms with E-state index in [0.29, 0.717) is 25.6 Å². The third-order valence-corrected chi connectivity index (χ3v) is 17.4. The fourth-order valence-corrected chi connectivity index (χ4v) is 12.7. The largest absolute Gasteiger partial charge is 0.501 e. The van der Waals surface area contributed by atoms with Gasteiger partial charge in [0.1, 0.15) is 77.3 Å². The molecule has 0 radical (unpaired) electrons. The number of fused-ring (bicyclic) bond motifs is 9. The summed E-state index contributed by atoms with van der Waals surface area (Å²) in [4.78, 5) is 106. The number of carbonyl (C=O) groups excluding carboxylic acids is 8. The SMILES string of the molecule is C=C(C)C(=O)OCC(O)COC(=O)CCN(CCC[Si]12OC3CCCCCCCCCCC(CC(C3)O1)O2)CCN(CCC(=O)OCC(O)COC(=O)C(=C)C)CCN(CCC(=O)OCC(O)COC(=O)C(=C)C)CC(=O)OCC(O)COC(=O)C(=C)C. The average Bonchev–Trinajstić information content (AvgIpc) is 1.36. The van der Waals surface area contributed by atoms with Crippen molar-refractivity contribution >= 4 is 56.6 Å². The lowest BCUT2D eigenvalue weighted by atomic mass is 9.99. The monoisotopic (exact) mass is 1270 g/mol. The molecule has 0 spiro atoms. The number of rotatable bonds is 41. The van der Waals surface area contributed by atoms with Crippen LogP contribution in [0, 0.1) is 0 Å². The number of aliphatic hydroxyl groups is 4. The minimum absolute atomic E-state index is 0.0273. The van der Waals surface area contributed by atoms with Crippen molar-refractivity contribution in [3.63, 3.8) is 0 Å². The Morgan fingerprint density at radius 1 is 0.398 bits per heavy atom. The van der Waals surface area contributed by atoms with Gasteiger partial charge in [0, 0.05) is 74.1 Å². The standard InChI is InChI=1S/C61H99N3O23Si/c1-43(2)58(73)81-39-47(65)35-77-54(69)20-24-62(23-17-31-88-85-51-18-15-13-11-9-10-12-14-16-19-52(86-88)33-53(32-51)87-88)27-28-63(25-21-55(70)78-36-48(66)40-82-59(74)44(3)4)29-30-64(34-57(72)80-38-50(68)42-84-61(76)46(7)8)26-22-56(71)79-37-49(67)41-83-60(75)45(5)6/h47-53,65-68H,1,3,5,7,9-42H2,2,4,6,8H3. The maximum Gasteiger partial charge on any atom is 0.501 e. The number of carbonyl (C=O) groups is 8. The Hall–Kier alpha value is -5.46. The zero-order valence-electron chi connectivity index (χ0n) is 52.3. The highest BCUT2D eigenvalue weighted by atomic mass is 28.4. The highest BCUT2D eigenvalue weighted by molar-refractivity contribution is 6.61. The first-order valence-corrected chi connectivity index (χ1v) is 32.6. The Morgan fingerprint density at radius 3 is 1.03 bits per heavy atom. The average molecular weight is 1270 g/mol. The number of hydrogen-bond donors (Lipinski definition) is 4. The van der Waals surface area contributed by atoms with Gasteiger partial charge >= 0.3 is 56.6 Å². The number of nitrogens with zero attached hydrogens (tertiary/aromatic N) is 3. The van der Waals surface area contributed by atoms with Crippen molar-refractivity contribution in [3.05, 3.63) is 48.6 Å². The van der Waals surface area contributed by atoms with E-state index in [0.717, 1.165) is 51.4 Å². The van der Waals surface area contributed by atoms with Gasteiger partial charge < -0.3 is 81.4 Å². The number of ether oxygens (including phenoxy) is 8. The molecule has 1 aliphatic carbocycles. The molecule has 0 amide bonds. The Balaban J connectivity index is 1.88. The Labute approximate surface area is 519 Å². The molecule has 0 aromatic heterocycles. The van der Waals surface area contributed by atoms with Gasteiger partial charge in [-0.1, -0.05) is 77.7 Å². The van der Waals surface area contributed by atoms with Crippen LogP contribution in [0.4, 0.5) is 0 Å². The van der Waals surface area contributed by atoms with Gasteiger partial charge in [0.05, 0.1) is 44.1 Å². The van der Waals surface area contributed by atoms with E-state index in [1.54, 1.807) is 4.90 Å². The van der Waals surface area contributed by atoms with E-state index in [9.17, 15) is 58.8 Å². The zero-order valence-corrected chi connectivity index (χ0v) is 53.3. The van der Waals surface area contributed by atoms with Crippen molar-refractivity contribution < 1.29 is 110 Å². The second-order valence-electron chi connectivity index (χ2n) is 23.0. The first-order chi connectivity index (χ1) is 41.8. The molecule has 26 nitrogen and oxygen atoms in total. The van der Waals surface area contributed by atoms with Crippen LogP contribution < -0.4 is 0 Å². The molecule has 3 saturated heterocycles. The molecule has 6 atom stereocenters. The normalized spacial score (nSPS) is 20.1. The first kappa shape index (κ1) is 76.8. The van der Waals surface area contributed by atoms with Gasteiger partial charge in [0.15, 0.2) is 0 Å². The summed E-state index contributed by atoms with van der Waals surface area (Å²) in [6, 6.07) is 0.520. The molecular weight excluding hydrogens is 1170 g/mol. The summed E-state index contributed by atoms with van der Waals surface area (Å²) in [5.41, 5.74) is 0.463. The van der Waals surface area contributed by atoms with Crippen LogP contribution in [0.25, 0.3) is 0 Å². The third kappa shape index (κ3) is 33.9. The van der Waals surface area contributed by atoms with Gasteiger partial charge in [0.25, 0.3) is 0 Å². The molecule has 27 heteroatoms. The van der Waals surface area contributed by atoms with E-state index in [-0.39, 0.29) is 99.1 Å². The highest BCUT2D eigenvalue weighted by Gasteiger charge is 2.54. The predicted molar refractivity (Wildman–Crippen MR) is 319 cm³/mol. The Kier molecular flexibility index (Phi) is 37.1. The summed E-state index contributed by atoms with van der Waals surface area (Å²) in [5.74, 6) is -5.85. The summed E-state index contributed by atoms with van der Waals surface area (Å²) < 4.78 is 61.7. The summed E-state index contributed by atoms with van der Waals surface area (Å²) in [6.07, 6.45) is 7.47. The Morgan fingerprint density at radius 2 is 0.682 bits per heavy atom. The zero-order chi connectivity index (χ0) is 65.0. The van der Waals surface area contributed by atoms with Crippen LogP contribution in [0.3, 0.4) is 0 Å². The van der Waals surface area contributed by atoms with Gasteiger partial charge in [-0.3, -0.25) is 24.1 Å². The second kappa shape index (κ2) is 42.5. The lowest BCUT2D eigenvalue weighted by Gasteiger charge is -2.48. The molecule has 4 rings (SSSR count). The quantitative estimate of drug-likeness (QED) is 0.0295. The van der Waals surface area contributed by atoms with Crippen LogP contribution in [0.15, 0.2) is 48.6 Å². The molecule has 0 aromatic rings. The number of aliphatic hydroxyl groups excluding tert-OH is 4. The topological polar surface area (TPSA) is 329 Å². The van der Waals surface area contributed by atoms with Crippen LogP contribution >= 0.6 is 0 Å². The molecule has 4 N–H and O–H groups in total. The third-order valence-electron chi connectivity index (χ3n) is 14.3. The van der Waals surface area contributed by atoms with Crippen molar-refractivity contribution in [1.82, 2.24) is 14.7 Å². The first-order valence-electron chi connectivity index (χ1n) is 30.7. The van der Waals surface area contributed by atoms with Crippen molar-refractivity contribution in [3.8, 4) is 0 Å². The highest BCUT2D eigenvalue weighted by Crippen LogP contribution is 2.40. The Bertz CT molecular complexity index is 2240. The van der Waals surface area contributed by atoms with Gasteiger partial charge in [-0.25, -0.2) is 19.2 Å². The minimum Gasteiger partial charge on any atom is -0.463 e. The molecule has 3 heterocycles. The molecule has 3 aliphatic heterocycles. The summed E-state index contributed by atoms with van der Waals surface area (Å²) in [6.45, 7) is 16.9.